The molecular formula is C12H15NO4S4. The molecule has 2 aromatic heterocycles. The number of sulfone groups is 1. The second-order valence-electron chi connectivity index (χ2n) is 4.51. The fraction of sp³-hybridized carbons (Fsp3) is 0.333. The highest BCUT2D eigenvalue weighted by Gasteiger charge is 2.16. The van der Waals surface area contributed by atoms with E-state index < -0.39 is 25.4 Å². The first kappa shape index (κ1) is 16.6. The quantitative estimate of drug-likeness (QED) is 0.822. The van der Waals surface area contributed by atoms with E-state index in [1.54, 1.807) is 24.4 Å². The summed E-state index contributed by atoms with van der Waals surface area (Å²) in [6.07, 6.45) is 0. The van der Waals surface area contributed by atoms with E-state index in [9.17, 15) is 17.2 Å². The number of thiophene rings is 1. The molecule has 5 nitrogen and oxygen atoms in total. The van der Waals surface area contributed by atoms with Crippen LogP contribution in [0.4, 0.5) is 0 Å². The van der Waals surface area contributed by atoms with Crippen molar-refractivity contribution in [3.05, 3.63) is 33.1 Å². The van der Waals surface area contributed by atoms with Crippen LogP contribution in [0.1, 0.15) is 15.6 Å². The lowest BCUT2D eigenvalue weighted by molar-refractivity contribution is 0.561. The van der Waals surface area contributed by atoms with Crippen LogP contribution in [0.3, 0.4) is 0 Å². The molecule has 116 valence electrons. The molecule has 0 aliphatic rings. The minimum atomic E-state index is -3.50. The van der Waals surface area contributed by atoms with Gasteiger partial charge in [-0.3, -0.25) is 0 Å². The molecule has 1 atom stereocenters. The standard InChI is InChI=1S/C12H15NO4S4/c1-9-3-4-12(19-9)21(16,17)6-5-20(14,15)8-11-7-18-10(2)13-11/h3-4,6-7H,5,8H2,1-2H3,(H,16,17). The minimum absolute atomic E-state index is 0.215. The molecule has 0 spiro atoms. The molecule has 0 aliphatic heterocycles. The molecule has 9 heteroatoms. The van der Waals surface area contributed by atoms with Crippen molar-refractivity contribution in [2.75, 3.05) is 5.75 Å². The molecule has 1 unspecified atom stereocenters. The fourth-order valence-corrected chi connectivity index (χ4v) is 6.70. The second kappa shape index (κ2) is 6.17. The first-order valence-corrected chi connectivity index (χ1v) is 11.1. The molecule has 0 radical (unpaired) electrons. The summed E-state index contributed by atoms with van der Waals surface area (Å²) in [5.41, 5.74) is 0.474. The maximum Gasteiger partial charge on any atom is 0.160 e. The Morgan fingerprint density at radius 2 is 2.00 bits per heavy atom. The number of aromatic nitrogens is 1. The van der Waals surface area contributed by atoms with Crippen molar-refractivity contribution in [1.82, 2.24) is 4.98 Å². The first-order chi connectivity index (χ1) is 9.68. The van der Waals surface area contributed by atoms with Crippen LogP contribution < -0.4 is 0 Å². The van der Waals surface area contributed by atoms with Crippen LogP contribution in [0.2, 0.25) is 0 Å². The van der Waals surface area contributed by atoms with Gasteiger partial charge in [0.05, 0.1) is 22.2 Å². The Labute approximate surface area is 132 Å². The second-order valence-corrected chi connectivity index (χ2v) is 11.1. The first-order valence-electron chi connectivity index (χ1n) is 5.96. The Kier molecular flexibility index (Phi) is 4.89. The smallest absolute Gasteiger partial charge is 0.160 e. The van der Waals surface area contributed by atoms with Gasteiger partial charge in [-0.15, -0.1) is 22.7 Å². The molecule has 2 aromatic rings. The van der Waals surface area contributed by atoms with E-state index in [1.165, 1.54) is 22.7 Å². The van der Waals surface area contributed by atoms with Crippen LogP contribution in [-0.4, -0.2) is 33.3 Å². The van der Waals surface area contributed by atoms with E-state index >= 15 is 0 Å². The lowest BCUT2D eigenvalue weighted by Crippen LogP contribution is -2.14. The number of nitrogens with zero attached hydrogens (tertiary/aromatic N) is 1. The van der Waals surface area contributed by atoms with Crippen LogP contribution in [-0.2, 0) is 25.4 Å². The highest BCUT2D eigenvalue weighted by Crippen LogP contribution is 2.21. The zero-order chi connectivity index (χ0) is 15.7. The summed E-state index contributed by atoms with van der Waals surface area (Å²) in [7, 11) is -6.91. The fourth-order valence-electron chi connectivity index (χ4n) is 1.61. The third-order valence-electron chi connectivity index (χ3n) is 2.59. The highest BCUT2D eigenvalue weighted by atomic mass is 32.2. The SMILES string of the molecule is Cc1ccc(S(=O)(O)=CCS(=O)(=O)Cc2csc(C)n2)s1. The lowest BCUT2D eigenvalue weighted by atomic mass is 10.5. The van der Waals surface area contributed by atoms with Crippen LogP contribution in [0, 0.1) is 13.8 Å². The average molecular weight is 366 g/mol. The number of thiazole rings is 1. The maximum absolute atomic E-state index is 12.1. The van der Waals surface area contributed by atoms with Crippen LogP contribution in [0.5, 0.6) is 0 Å². The molecule has 2 rings (SSSR count). The maximum atomic E-state index is 12.1. The summed E-state index contributed by atoms with van der Waals surface area (Å²) < 4.78 is 46.3. The Morgan fingerprint density at radius 1 is 1.29 bits per heavy atom. The summed E-state index contributed by atoms with van der Waals surface area (Å²) in [6.45, 7) is 3.62. The Bertz CT molecular complexity index is 853. The Balaban J connectivity index is 2.17. The molecule has 1 N–H and O–H groups in total. The summed E-state index contributed by atoms with van der Waals surface area (Å²) in [6, 6.07) is 3.28. The molecule has 0 saturated carbocycles. The van der Waals surface area contributed by atoms with Crippen molar-refractivity contribution in [2.45, 2.75) is 23.8 Å². The van der Waals surface area contributed by atoms with Crippen molar-refractivity contribution in [3.63, 3.8) is 0 Å². The van der Waals surface area contributed by atoms with Gasteiger partial charge in [0, 0.05) is 15.6 Å². The van der Waals surface area contributed by atoms with Gasteiger partial charge >= 0.3 is 0 Å². The van der Waals surface area contributed by atoms with Gasteiger partial charge in [0.2, 0.25) is 0 Å². The topological polar surface area (TPSA) is 84.3 Å². The van der Waals surface area contributed by atoms with Crippen molar-refractivity contribution < 1.29 is 17.2 Å². The Morgan fingerprint density at radius 3 is 2.52 bits per heavy atom. The molecule has 0 aromatic carbocycles. The van der Waals surface area contributed by atoms with E-state index in [1.807, 2.05) is 6.92 Å². The monoisotopic (exact) mass is 365 g/mol. The summed E-state index contributed by atoms with van der Waals surface area (Å²) in [5.74, 6) is -0.664. The van der Waals surface area contributed by atoms with Gasteiger partial charge in [0.25, 0.3) is 0 Å². The van der Waals surface area contributed by atoms with Gasteiger partial charge < -0.3 is 4.55 Å². The number of hydrogen-bond acceptors (Lipinski definition) is 6. The molecule has 21 heavy (non-hydrogen) atoms. The molecule has 2 heterocycles. The minimum Gasteiger partial charge on any atom is -0.309 e. The van der Waals surface area contributed by atoms with Crippen LogP contribution >= 0.6 is 22.7 Å². The molecule has 0 bridgehead atoms. The zero-order valence-electron chi connectivity index (χ0n) is 11.5. The molecule has 0 amide bonds. The van der Waals surface area contributed by atoms with E-state index in [0.29, 0.717) is 5.69 Å². The van der Waals surface area contributed by atoms with Crippen molar-refractivity contribution in [2.24, 2.45) is 0 Å². The zero-order valence-corrected chi connectivity index (χ0v) is 14.7. The van der Waals surface area contributed by atoms with Gasteiger partial charge in [0.15, 0.2) is 9.84 Å². The van der Waals surface area contributed by atoms with Crippen molar-refractivity contribution in [3.8, 4) is 0 Å². The predicted octanol–water partition coefficient (Wildman–Crippen LogP) is 2.35. The van der Waals surface area contributed by atoms with E-state index in [0.717, 1.165) is 15.3 Å². The third kappa shape index (κ3) is 4.62. The lowest BCUT2D eigenvalue weighted by Gasteiger charge is -2.02. The van der Waals surface area contributed by atoms with Gasteiger partial charge in [-0.25, -0.2) is 17.6 Å². The molecule has 0 aliphatic carbocycles. The molecule has 0 fully saturated rings. The van der Waals surface area contributed by atoms with Gasteiger partial charge in [0.1, 0.15) is 14.0 Å². The Hall–Kier alpha value is -0.740. The number of aryl methyl sites for hydroxylation is 2. The number of hydrogen-bond donors (Lipinski definition) is 1. The van der Waals surface area contributed by atoms with Gasteiger partial charge in [-0.2, -0.15) is 0 Å². The van der Waals surface area contributed by atoms with Crippen LogP contribution in [0.25, 0.3) is 0 Å². The molecule has 0 saturated heterocycles. The number of rotatable bonds is 5. The van der Waals surface area contributed by atoms with Crippen LogP contribution in [0.15, 0.2) is 21.7 Å². The normalized spacial score (nSPS) is 14.8. The van der Waals surface area contributed by atoms with E-state index in [2.05, 4.69) is 4.98 Å². The summed E-state index contributed by atoms with van der Waals surface area (Å²) in [4.78, 5) is 5.00. The van der Waals surface area contributed by atoms with E-state index in [-0.39, 0.29) is 9.96 Å². The average Bonchev–Trinajstić information content (AvgIpc) is 2.96. The van der Waals surface area contributed by atoms with E-state index in [4.69, 9.17) is 0 Å². The summed E-state index contributed by atoms with van der Waals surface area (Å²) in [5, 5.41) is 3.46. The third-order valence-corrected chi connectivity index (χ3v) is 8.12. The van der Waals surface area contributed by atoms with Crippen molar-refractivity contribution in [1.29, 1.82) is 0 Å². The van der Waals surface area contributed by atoms with Gasteiger partial charge in [-0.1, -0.05) is 0 Å². The largest absolute Gasteiger partial charge is 0.309 e. The highest BCUT2D eigenvalue weighted by molar-refractivity contribution is 8.00. The summed E-state index contributed by atoms with van der Waals surface area (Å²) >= 11 is 2.57. The van der Waals surface area contributed by atoms with Gasteiger partial charge in [-0.05, 0) is 26.0 Å². The molecular weight excluding hydrogens is 350 g/mol. The van der Waals surface area contributed by atoms with Crippen molar-refractivity contribution >= 4 is 47.7 Å². The predicted molar refractivity (Wildman–Crippen MR) is 88.5 cm³/mol.